The molecule has 0 saturated carbocycles. The Labute approximate surface area is 97.9 Å². The Kier molecular flexibility index (Phi) is 3.08. The van der Waals surface area contributed by atoms with Crippen molar-refractivity contribution in [3.63, 3.8) is 0 Å². The van der Waals surface area contributed by atoms with E-state index < -0.39 is 0 Å². The molecule has 0 amide bonds. The van der Waals surface area contributed by atoms with Crippen LogP contribution in [0.1, 0.15) is 18.4 Å². The normalized spacial score (nSPS) is 13.0. The molecule has 2 rings (SSSR count). The van der Waals surface area contributed by atoms with E-state index in [1.54, 1.807) is 0 Å². The lowest BCUT2D eigenvalue weighted by molar-refractivity contribution is 0.273. The average molecular weight is 265 g/mol. The second-order valence-electron chi connectivity index (χ2n) is 3.80. The van der Waals surface area contributed by atoms with Crippen LogP contribution >= 0.6 is 15.9 Å². The highest BCUT2D eigenvalue weighted by molar-refractivity contribution is 9.10. The van der Waals surface area contributed by atoms with E-state index >= 15 is 0 Å². The zero-order valence-corrected chi connectivity index (χ0v) is 10.2. The van der Waals surface area contributed by atoms with Crippen LogP contribution in [0.4, 0.5) is 0 Å². The number of aliphatic hydroxyl groups excluding tert-OH is 1. The molecular weight excluding hydrogens is 252 g/mol. The van der Waals surface area contributed by atoms with Crippen LogP contribution in [-0.2, 0) is 0 Å². The lowest BCUT2D eigenvalue weighted by Gasteiger charge is -2.10. The van der Waals surface area contributed by atoms with Crippen molar-refractivity contribution >= 4 is 26.7 Å². The van der Waals surface area contributed by atoms with Crippen molar-refractivity contribution in [3.05, 3.63) is 46.4 Å². The molecule has 2 aromatic carbocycles. The van der Waals surface area contributed by atoms with Crippen molar-refractivity contribution in [1.29, 1.82) is 0 Å². The van der Waals surface area contributed by atoms with Crippen molar-refractivity contribution < 1.29 is 5.11 Å². The summed E-state index contributed by atoms with van der Waals surface area (Å²) >= 11 is 3.54. The largest absolute Gasteiger partial charge is 0.396 e. The van der Waals surface area contributed by atoms with Gasteiger partial charge in [-0.1, -0.05) is 47.1 Å². The molecule has 15 heavy (non-hydrogen) atoms. The summed E-state index contributed by atoms with van der Waals surface area (Å²) in [6.07, 6.45) is 0. The molecule has 0 aliphatic carbocycles. The molecule has 1 N–H and O–H groups in total. The van der Waals surface area contributed by atoms with Gasteiger partial charge in [-0.05, 0) is 28.5 Å². The molecule has 0 aliphatic rings. The van der Waals surface area contributed by atoms with Crippen molar-refractivity contribution in [2.75, 3.05) is 6.61 Å². The zero-order valence-electron chi connectivity index (χ0n) is 8.57. The van der Waals surface area contributed by atoms with E-state index in [9.17, 15) is 0 Å². The van der Waals surface area contributed by atoms with E-state index in [0.29, 0.717) is 0 Å². The van der Waals surface area contributed by atoms with Gasteiger partial charge in [-0.3, -0.25) is 0 Å². The molecule has 0 radical (unpaired) electrons. The second kappa shape index (κ2) is 4.33. The SMILES string of the molecule is CC(CO)c1ccc2cccc(Br)c2c1. The van der Waals surface area contributed by atoms with Gasteiger partial charge >= 0.3 is 0 Å². The van der Waals surface area contributed by atoms with Gasteiger partial charge in [-0.2, -0.15) is 0 Å². The minimum Gasteiger partial charge on any atom is -0.396 e. The third-order valence-corrected chi connectivity index (χ3v) is 3.39. The molecular formula is C13H13BrO. The summed E-state index contributed by atoms with van der Waals surface area (Å²) in [6, 6.07) is 12.5. The van der Waals surface area contributed by atoms with Crippen molar-refractivity contribution in [1.82, 2.24) is 0 Å². The van der Waals surface area contributed by atoms with Crippen LogP contribution in [0.5, 0.6) is 0 Å². The van der Waals surface area contributed by atoms with Crippen LogP contribution < -0.4 is 0 Å². The van der Waals surface area contributed by atoms with Crippen LogP contribution in [-0.4, -0.2) is 11.7 Å². The van der Waals surface area contributed by atoms with Crippen LogP contribution in [0.25, 0.3) is 10.8 Å². The summed E-state index contributed by atoms with van der Waals surface area (Å²) in [6.45, 7) is 2.22. The molecule has 0 aliphatic heterocycles. The quantitative estimate of drug-likeness (QED) is 0.877. The second-order valence-corrected chi connectivity index (χ2v) is 4.66. The molecule has 1 unspecified atom stereocenters. The fourth-order valence-corrected chi connectivity index (χ4v) is 2.16. The van der Waals surface area contributed by atoms with Gasteiger partial charge in [0, 0.05) is 17.0 Å². The first-order valence-electron chi connectivity index (χ1n) is 5.01. The maximum atomic E-state index is 9.12. The molecule has 0 saturated heterocycles. The molecule has 0 heterocycles. The van der Waals surface area contributed by atoms with Gasteiger partial charge in [0.25, 0.3) is 0 Å². The number of hydrogen-bond donors (Lipinski definition) is 1. The van der Waals surface area contributed by atoms with E-state index in [1.807, 2.05) is 19.1 Å². The number of fused-ring (bicyclic) bond motifs is 1. The predicted molar refractivity (Wildman–Crippen MR) is 67.1 cm³/mol. The van der Waals surface area contributed by atoms with Gasteiger partial charge in [0.15, 0.2) is 0 Å². The molecule has 0 aromatic heterocycles. The molecule has 0 fully saturated rings. The highest BCUT2D eigenvalue weighted by atomic mass is 79.9. The van der Waals surface area contributed by atoms with E-state index in [0.717, 1.165) is 4.47 Å². The molecule has 1 nitrogen and oxygen atoms in total. The molecule has 78 valence electrons. The van der Waals surface area contributed by atoms with E-state index in [-0.39, 0.29) is 12.5 Å². The molecule has 0 spiro atoms. The van der Waals surface area contributed by atoms with Gasteiger partial charge in [-0.25, -0.2) is 0 Å². The minimum absolute atomic E-state index is 0.190. The number of benzene rings is 2. The first-order chi connectivity index (χ1) is 7.22. The van der Waals surface area contributed by atoms with Crippen molar-refractivity contribution in [2.45, 2.75) is 12.8 Å². The van der Waals surface area contributed by atoms with Gasteiger partial charge in [0.2, 0.25) is 0 Å². The van der Waals surface area contributed by atoms with Crippen molar-refractivity contribution in [2.24, 2.45) is 0 Å². The molecule has 2 aromatic rings. The maximum absolute atomic E-state index is 9.12. The summed E-state index contributed by atoms with van der Waals surface area (Å²) in [4.78, 5) is 0. The van der Waals surface area contributed by atoms with Gasteiger partial charge in [0.05, 0.1) is 0 Å². The topological polar surface area (TPSA) is 20.2 Å². The molecule has 2 heteroatoms. The number of aliphatic hydroxyl groups is 1. The minimum atomic E-state index is 0.190. The van der Waals surface area contributed by atoms with E-state index in [1.165, 1.54) is 16.3 Å². The Morgan fingerprint density at radius 3 is 2.80 bits per heavy atom. The summed E-state index contributed by atoms with van der Waals surface area (Å²) in [5.41, 5.74) is 1.18. The monoisotopic (exact) mass is 264 g/mol. The molecule has 0 bridgehead atoms. The Hall–Kier alpha value is -0.860. The van der Waals surface area contributed by atoms with Crippen LogP contribution in [0.2, 0.25) is 0 Å². The van der Waals surface area contributed by atoms with Gasteiger partial charge < -0.3 is 5.11 Å². The Bertz CT molecular complexity index is 479. The zero-order chi connectivity index (χ0) is 10.8. The third kappa shape index (κ3) is 2.06. The highest BCUT2D eigenvalue weighted by Crippen LogP contribution is 2.27. The number of rotatable bonds is 2. The lowest BCUT2D eigenvalue weighted by atomic mass is 9.98. The van der Waals surface area contributed by atoms with Crippen LogP contribution in [0.3, 0.4) is 0 Å². The molecule has 1 atom stereocenters. The summed E-state index contributed by atoms with van der Waals surface area (Å²) in [5.74, 6) is 0.196. The third-order valence-electron chi connectivity index (χ3n) is 2.70. The maximum Gasteiger partial charge on any atom is 0.0497 e. The van der Waals surface area contributed by atoms with Crippen LogP contribution in [0, 0.1) is 0 Å². The Balaban J connectivity index is 2.59. The van der Waals surface area contributed by atoms with E-state index in [4.69, 9.17) is 5.11 Å². The fourth-order valence-electron chi connectivity index (χ4n) is 1.66. The lowest BCUT2D eigenvalue weighted by Crippen LogP contribution is -1.98. The summed E-state index contributed by atoms with van der Waals surface area (Å²) in [7, 11) is 0. The number of halogens is 1. The summed E-state index contributed by atoms with van der Waals surface area (Å²) in [5, 5.41) is 11.5. The Morgan fingerprint density at radius 1 is 1.27 bits per heavy atom. The predicted octanol–water partition coefficient (Wildman–Crippen LogP) is 3.70. The first-order valence-corrected chi connectivity index (χ1v) is 5.80. The smallest absolute Gasteiger partial charge is 0.0497 e. The summed E-state index contributed by atoms with van der Waals surface area (Å²) < 4.78 is 1.10. The van der Waals surface area contributed by atoms with Crippen molar-refractivity contribution in [3.8, 4) is 0 Å². The Morgan fingerprint density at radius 2 is 2.07 bits per heavy atom. The van der Waals surface area contributed by atoms with E-state index in [2.05, 4.69) is 40.2 Å². The van der Waals surface area contributed by atoms with Gasteiger partial charge in [0.1, 0.15) is 0 Å². The fraction of sp³-hybridized carbons (Fsp3) is 0.231. The average Bonchev–Trinajstić information content (AvgIpc) is 2.28. The standard InChI is InChI=1S/C13H13BrO/c1-9(8-15)11-6-5-10-3-2-4-13(14)12(10)7-11/h2-7,9,15H,8H2,1H3. The van der Waals surface area contributed by atoms with Gasteiger partial charge in [-0.15, -0.1) is 0 Å². The highest BCUT2D eigenvalue weighted by Gasteiger charge is 2.05. The first kappa shape index (κ1) is 10.7. The van der Waals surface area contributed by atoms with Crippen LogP contribution in [0.15, 0.2) is 40.9 Å². The number of hydrogen-bond acceptors (Lipinski definition) is 1.